The summed E-state index contributed by atoms with van der Waals surface area (Å²) in [7, 11) is -3.32. The molecule has 1 amide bonds. The van der Waals surface area contributed by atoms with Gasteiger partial charge in [0.2, 0.25) is 0 Å². The largest absolute Gasteiger partial charge is 0.389 e. The lowest BCUT2D eigenvalue weighted by Gasteiger charge is -2.10. The third kappa shape index (κ3) is 5.18. The van der Waals surface area contributed by atoms with E-state index in [2.05, 4.69) is 20.6 Å². The van der Waals surface area contributed by atoms with Crippen LogP contribution < -0.4 is 5.32 Å². The maximum absolute atomic E-state index is 13.1. The van der Waals surface area contributed by atoms with Crippen LogP contribution in [0.2, 0.25) is 0 Å². The Labute approximate surface area is 200 Å². The van der Waals surface area contributed by atoms with Crippen LogP contribution in [-0.2, 0) is 30.8 Å². The highest BCUT2D eigenvalue weighted by Gasteiger charge is 2.36. The number of nitrogens with zero attached hydrogens (tertiary/aromatic N) is 4. The summed E-state index contributed by atoms with van der Waals surface area (Å²) >= 11 is 1.33. The molecular weight excluding hydrogens is 478 g/mol. The molecule has 1 saturated heterocycles. The molecule has 3 aromatic rings. The molecule has 5 rings (SSSR count). The molecule has 178 valence electrons. The van der Waals surface area contributed by atoms with Crippen LogP contribution in [0.4, 0.5) is 5.13 Å². The number of aromatic nitrogens is 3. The van der Waals surface area contributed by atoms with Gasteiger partial charge >= 0.3 is 0 Å². The minimum absolute atomic E-state index is 0.0334. The zero-order chi connectivity index (χ0) is 23.5. The van der Waals surface area contributed by atoms with E-state index in [1.807, 2.05) is 12.3 Å². The highest BCUT2D eigenvalue weighted by atomic mass is 32.2. The number of nitrogens with one attached hydrogen (secondary N) is 1. The summed E-state index contributed by atoms with van der Waals surface area (Å²) in [5.74, 6) is -0.503. The summed E-state index contributed by atoms with van der Waals surface area (Å²) in [5.41, 5.74) is 0.477. The molecule has 12 heteroatoms. The van der Waals surface area contributed by atoms with Crippen molar-refractivity contribution in [2.75, 3.05) is 18.5 Å². The quantitative estimate of drug-likeness (QED) is 0.353. The van der Waals surface area contributed by atoms with Crippen molar-refractivity contribution < 1.29 is 22.8 Å². The number of hydrogen-bond acceptors (Lipinski definition) is 9. The van der Waals surface area contributed by atoms with Crippen LogP contribution in [0.3, 0.4) is 0 Å². The predicted molar refractivity (Wildman–Crippen MR) is 126 cm³/mol. The van der Waals surface area contributed by atoms with Gasteiger partial charge in [0, 0.05) is 35.5 Å². The van der Waals surface area contributed by atoms with Crippen molar-refractivity contribution >= 4 is 37.9 Å². The van der Waals surface area contributed by atoms with E-state index in [0.29, 0.717) is 49.7 Å². The third-order valence-corrected chi connectivity index (χ3v) is 8.64. The lowest BCUT2D eigenvalue weighted by atomic mass is 10.1. The molecule has 2 fully saturated rings. The average Bonchev–Trinajstić information content (AvgIpc) is 3.17. The van der Waals surface area contributed by atoms with Gasteiger partial charge in [-0.1, -0.05) is 28.6 Å². The van der Waals surface area contributed by atoms with Gasteiger partial charge in [-0.3, -0.25) is 14.8 Å². The van der Waals surface area contributed by atoms with E-state index >= 15 is 0 Å². The number of carbonyl (C=O) groups is 1. The fraction of sp³-hybridized carbons (Fsp3) is 0.364. The van der Waals surface area contributed by atoms with Gasteiger partial charge in [0.15, 0.2) is 26.8 Å². The van der Waals surface area contributed by atoms with E-state index in [4.69, 9.17) is 9.57 Å². The van der Waals surface area contributed by atoms with E-state index in [1.165, 1.54) is 23.5 Å². The van der Waals surface area contributed by atoms with E-state index in [0.717, 1.165) is 4.88 Å². The van der Waals surface area contributed by atoms with Gasteiger partial charge in [-0.25, -0.2) is 13.4 Å². The summed E-state index contributed by atoms with van der Waals surface area (Å²) in [6.45, 7) is 1.52. The molecule has 1 aliphatic heterocycles. The van der Waals surface area contributed by atoms with Crippen LogP contribution in [-0.4, -0.2) is 59.4 Å². The van der Waals surface area contributed by atoms with Crippen LogP contribution in [0.5, 0.6) is 0 Å². The van der Waals surface area contributed by atoms with Crippen molar-refractivity contribution in [1.82, 2.24) is 14.8 Å². The van der Waals surface area contributed by atoms with Crippen LogP contribution in [0.1, 0.15) is 29.7 Å². The van der Waals surface area contributed by atoms with Crippen LogP contribution in [0, 0.1) is 0 Å². The predicted octanol–water partition coefficient (Wildman–Crippen LogP) is 2.47. The van der Waals surface area contributed by atoms with Gasteiger partial charge in [-0.05, 0) is 31.0 Å². The molecule has 3 heterocycles. The first kappa shape index (κ1) is 22.7. The van der Waals surface area contributed by atoms with Gasteiger partial charge in [0.05, 0.1) is 29.9 Å². The maximum Gasteiger partial charge on any atom is 0.280 e. The Kier molecular flexibility index (Phi) is 6.44. The van der Waals surface area contributed by atoms with Crippen LogP contribution in [0.25, 0.3) is 0 Å². The second kappa shape index (κ2) is 9.65. The number of thiazole rings is 1. The summed E-state index contributed by atoms with van der Waals surface area (Å²) in [4.78, 5) is 24.1. The highest BCUT2D eigenvalue weighted by Crippen LogP contribution is 2.33. The van der Waals surface area contributed by atoms with E-state index in [9.17, 15) is 13.2 Å². The number of amides is 1. The second-order valence-electron chi connectivity index (χ2n) is 8.09. The van der Waals surface area contributed by atoms with Gasteiger partial charge in [-0.2, -0.15) is 5.10 Å². The molecular formula is C22H23N5O5S2. The third-order valence-electron chi connectivity index (χ3n) is 5.47. The van der Waals surface area contributed by atoms with Crippen molar-refractivity contribution in [3.63, 3.8) is 0 Å². The highest BCUT2D eigenvalue weighted by molar-refractivity contribution is 7.92. The van der Waals surface area contributed by atoms with Crippen LogP contribution >= 0.6 is 11.3 Å². The van der Waals surface area contributed by atoms with Gasteiger partial charge in [0.25, 0.3) is 5.91 Å². The Balaban J connectivity index is 1.34. The summed E-state index contributed by atoms with van der Waals surface area (Å²) in [6, 6.07) is 8.01. The Morgan fingerprint density at radius 2 is 2.09 bits per heavy atom. The molecule has 0 bridgehead atoms. The molecule has 0 unspecified atom stereocenters. The average molecular weight is 502 g/mol. The number of ether oxygens (including phenoxy) is 1. The lowest BCUT2D eigenvalue weighted by Crippen LogP contribution is -2.25. The zero-order valence-electron chi connectivity index (χ0n) is 18.2. The van der Waals surface area contributed by atoms with Crippen molar-refractivity contribution in [3.05, 3.63) is 59.4 Å². The maximum atomic E-state index is 13.1. The molecule has 1 aliphatic carbocycles. The zero-order valence-corrected chi connectivity index (χ0v) is 19.8. The number of anilines is 1. The molecule has 1 N–H and O–H groups in total. The first-order chi connectivity index (χ1) is 16.5. The number of hydrogen-bond donors (Lipinski definition) is 1. The molecule has 10 nitrogen and oxygen atoms in total. The fourth-order valence-corrected chi connectivity index (χ4v) is 5.93. The van der Waals surface area contributed by atoms with Gasteiger partial charge < -0.3 is 9.57 Å². The van der Waals surface area contributed by atoms with Crippen LogP contribution in [0.15, 0.2) is 59.0 Å². The number of carbonyl (C=O) groups excluding carboxylic acids is 1. The Bertz CT molecular complexity index is 1280. The fourth-order valence-electron chi connectivity index (χ4n) is 3.47. The minimum atomic E-state index is -3.32. The monoisotopic (exact) mass is 501 g/mol. The van der Waals surface area contributed by atoms with Crippen molar-refractivity contribution in [2.45, 2.75) is 42.1 Å². The Morgan fingerprint density at radius 3 is 2.76 bits per heavy atom. The summed E-state index contributed by atoms with van der Waals surface area (Å²) < 4.78 is 32.1. The minimum Gasteiger partial charge on any atom is -0.389 e. The number of benzene rings is 1. The summed E-state index contributed by atoms with van der Waals surface area (Å²) in [5, 5.41) is 11.2. The Morgan fingerprint density at radius 1 is 1.26 bits per heavy atom. The normalized spacial score (nSPS) is 18.7. The van der Waals surface area contributed by atoms with E-state index < -0.39 is 15.7 Å². The van der Waals surface area contributed by atoms with E-state index in [-0.39, 0.29) is 22.0 Å². The molecule has 0 spiro atoms. The summed E-state index contributed by atoms with van der Waals surface area (Å²) in [6.07, 6.45) is 7.04. The number of oxime groups is 1. The van der Waals surface area contributed by atoms with Crippen molar-refractivity contribution in [3.8, 4) is 0 Å². The van der Waals surface area contributed by atoms with Crippen molar-refractivity contribution in [1.29, 1.82) is 0 Å². The van der Waals surface area contributed by atoms with Crippen molar-refractivity contribution in [2.24, 2.45) is 5.16 Å². The molecule has 2 aliphatic rings. The molecule has 1 aromatic carbocycles. The standard InChI is InChI=1S/C22H23N5O5S2/c28-21(25-22-23-12-17(33-22)13-27-10-1-9-24-27)20(26-32-16-8-11-31-14-16)15-2-4-18(5-3-15)34(29,30)19-6-7-19/h1-5,9-10,12,16,19H,6-8,11,13-14H2,(H,23,25,28)/b26-20+/t16-/m1/s1. The molecule has 1 atom stereocenters. The molecule has 2 aromatic heterocycles. The topological polar surface area (TPSA) is 125 Å². The second-order valence-corrected chi connectivity index (χ2v) is 11.4. The van der Waals surface area contributed by atoms with Gasteiger partial charge in [0.1, 0.15) is 0 Å². The molecule has 1 saturated carbocycles. The number of sulfone groups is 1. The van der Waals surface area contributed by atoms with E-state index in [1.54, 1.807) is 29.2 Å². The van der Waals surface area contributed by atoms with Gasteiger partial charge in [-0.15, -0.1) is 0 Å². The lowest BCUT2D eigenvalue weighted by molar-refractivity contribution is -0.110. The first-order valence-electron chi connectivity index (χ1n) is 10.9. The SMILES string of the molecule is O=C(Nc1ncc(Cn2cccn2)s1)/C(=N/O[C@@H]1CCOC1)c1ccc(S(=O)(=O)C2CC2)cc1. The smallest absolute Gasteiger partial charge is 0.280 e. The molecule has 34 heavy (non-hydrogen) atoms. The first-order valence-corrected chi connectivity index (χ1v) is 13.2. The molecule has 0 radical (unpaired) electrons. The number of rotatable bonds is 9. The Hall–Kier alpha value is -3.09.